The van der Waals surface area contributed by atoms with E-state index in [0.717, 1.165) is 38.5 Å². The monoisotopic (exact) mass is 304 g/mol. The van der Waals surface area contributed by atoms with Gasteiger partial charge in [0, 0.05) is 4.88 Å². The number of carbonyl (C=O) groups excluding carboxylic acids is 2. The first kappa shape index (κ1) is 13.3. The lowest BCUT2D eigenvalue weighted by molar-refractivity contribution is -0.158. The molecule has 3 aliphatic rings. The van der Waals surface area contributed by atoms with Crippen LogP contribution < -0.4 is 5.32 Å². The van der Waals surface area contributed by atoms with E-state index in [1.807, 2.05) is 16.3 Å². The number of nitrogens with one attached hydrogen (secondary N) is 1. The maximum absolute atomic E-state index is 13.0. The lowest BCUT2D eigenvalue weighted by Gasteiger charge is -2.46. The quantitative estimate of drug-likeness (QED) is 0.931. The summed E-state index contributed by atoms with van der Waals surface area (Å²) in [7, 11) is 0. The Hall–Kier alpha value is -1.36. The fourth-order valence-corrected chi connectivity index (χ4v) is 4.52. The number of nitrogens with zero attached hydrogens (tertiary/aromatic N) is 1. The number of piperazine rings is 1. The van der Waals surface area contributed by atoms with Crippen LogP contribution in [0.3, 0.4) is 0 Å². The lowest BCUT2D eigenvalue weighted by Crippen LogP contribution is -2.69. The van der Waals surface area contributed by atoms with Gasteiger partial charge in [0.1, 0.15) is 11.6 Å². The van der Waals surface area contributed by atoms with Gasteiger partial charge in [-0.3, -0.25) is 9.59 Å². The van der Waals surface area contributed by atoms with Gasteiger partial charge in [-0.2, -0.15) is 0 Å². The Labute approximate surface area is 128 Å². The van der Waals surface area contributed by atoms with Crippen molar-refractivity contribution in [1.82, 2.24) is 10.2 Å². The van der Waals surface area contributed by atoms with Gasteiger partial charge >= 0.3 is 0 Å². The summed E-state index contributed by atoms with van der Waals surface area (Å²) in [5.74, 6) is 0.603. The molecular formula is C16H20N2O2S. The minimum Gasteiger partial charge on any atom is -0.342 e. The second-order valence-electron chi connectivity index (χ2n) is 6.53. The molecular weight excluding hydrogens is 284 g/mol. The Balaban J connectivity index is 1.68. The molecule has 5 heteroatoms. The standard InChI is InChI=1S/C16H20N2O2S/c19-14-13(11-5-6-11)17-15(20)16(7-1-2-8-16)18(14)10-12-4-3-9-21-12/h3-4,9,11,13H,1-2,5-8,10H2,(H,17,20). The Bertz CT molecular complexity index is 559. The summed E-state index contributed by atoms with van der Waals surface area (Å²) in [5, 5.41) is 5.07. The molecule has 112 valence electrons. The van der Waals surface area contributed by atoms with Crippen LogP contribution in [0.5, 0.6) is 0 Å². The summed E-state index contributed by atoms with van der Waals surface area (Å²) < 4.78 is 0. The van der Waals surface area contributed by atoms with Crippen molar-refractivity contribution >= 4 is 23.2 Å². The van der Waals surface area contributed by atoms with Crippen molar-refractivity contribution in [1.29, 1.82) is 0 Å². The van der Waals surface area contributed by atoms with Gasteiger partial charge in [0.2, 0.25) is 11.8 Å². The molecule has 2 heterocycles. The summed E-state index contributed by atoms with van der Waals surface area (Å²) >= 11 is 1.66. The predicted octanol–water partition coefficient (Wildman–Crippen LogP) is 2.30. The topological polar surface area (TPSA) is 49.4 Å². The van der Waals surface area contributed by atoms with Gasteiger partial charge in [-0.25, -0.2) is 0 Å². The number of carbonyl (C=O) groups is 2. The Morgan fingerprint density at radius 1 is 1.29 bits per heavy atom. The zero-order valence-electron chi connectivity index (χ0n) is 12.0. The zero-order chi connectivity index (χ0) is 14.4. The summed E-state index contributed by atoms with van der Waals surface area (Å²) in [6, 6.07) is 3.79. The molecule has 1 aromatic heterocycles. The van der Waals surface area contributed by atoms with Crippen LogP contribution in [0.1, 0.15) is 43.4 Å². The molecule has 1 aliphatic heterocycles. The van der Waals surface area contributed by atoms with Crippen molar-refractivity contribution in [2.24, 2.45) is 5.92 Å². The Morgan fingerprint density at radius 2 is 2.05 bits per heavy atom. The predicted molar refractivity (Wildman–Crippen MR) is 80.7 cm³/mol. The molecule has 2 saturated carbocycles. The third-order valence-corrected chi connectivity index (χ3v) is 6.04. The van der Waals surface area contributed by atoms with Crippen molar-refractivity contribution in [3.63, 3.8) is 0 Å². The molecule has 21 heavy (non-hydrogen) atoms. The summed E-state index contributed by atoms with van der Waals surface area (Å²) in [6.07, 6.45) is 5.83. The van der Waals surface area contributed by atoms with E-state index < -0.39 is 5.54 Å². The fourth-order valence-electron chi connectivity index (χ4n) is 3.83. The molecule has 1 N–H and O–H groups in total. The molecule has 0 aromatic carbocycles. The van der Waals surface area contributed by atoms with Gasteiger partial charge in [-0.15, -0.1) is 11.3 Å². The Kier molecular flexibility index (Phi) is 3.06. The molecule has 1 saturated heterocycles. The minimum atomic E-state index is -0.577. The zero-order valence-corrected chi connectivity index (χ0v) is 12.8. The largest absolute Gasteiger partial charge is 0.342 e. The van der Waals surface area contributed by atoms with Crippen molar-refractivity contribution < 1.29 is 9.59 Å². The van der Waals surface area contributed by atoms with E-state index in [4.69, 9.17) is 0 Å². The number of rotatable bonds is 3. The Morgan fingerprint density at radius 3 is 2.67 bits per heavy atom. The first-order valence-corrected chi connectivity index (χ1v) is 8.73. The average Bonchev–Trinajstić information content (AvgIpc) is 2.99. The third kappa shape index (κ3) is 2.09. The van der Waals surface area contributed by atoms with E-state index in [2.05, 4.69) is 11.4 Å². The summed E-state index contributed by atoms with van der Waals surface area (Å²) in [5.41, 5.74) is -0.577. The molecule has 0 bridgehead atoms. The second-order valence-corrected chi connectivity index (χ2v) is 7.56. The normalized spacial score (nSPS) is 28.2. The molecule has 2 amide bonds. The smallest absolute Gasteiger partial charge is 0.246 e. The first-order chi connectivity index (χ1) is 10.2. The molecule has 3 fully saturated rings. The molecule has 1 atom stereocenters. The highest BCUT2D eigenvalue weighted by Crippen LogP contribution is 2.43. The number of amides is 2. The highest BCUT2D eigenvalue weighted by Gasteiger charge is 2.56. The van der Waals surface area contributed by atoms with Crippen molar-refractivity contribution in [3.05, 3.63) is 22.4 Å². The number of hydrogen-bond acceptors (Lipinski definition) is 3. The highest BCUT2D eigenvalue weighted by atomic mass is 32.1. The van der Waals surface area contributed by atoms with E-state index in [9.17, 15) is 9.59 Å². The van der Waals surface area contributed by atoms with Gasteiger partial charge in [0.25, 0.3) is 0 Å². The maximum Gasteiger partial charge on any atom is 0.246 e. The van der Waals surface area contributed by atoms with Gasteiger partial charge in [-0.1, -0.05) is 18.9 Å². The van der Waals surface area contributed by atoms with Crippen LogP contribution in [0, 0.1) is 5.92 Å². The highest BCUT2D eigenvalue weighted by molar-refractivity contribution is 7.09. The number of thiophene rings is 1. The average molecular weight is 304 g/mol. The molecule has 1 spiro atoms. The number of hydrogen-bond donors (Lipinski definition) is 1. The van der Waals surface area contributed by atoms with Crippen LogP contribution in [0.4, 0.5) is 0 Å². The van der Waals surface area contributed by atoms with Crippen LogP contribution in [0.2, 0.25) is 0 Å². The van der Waals surface area contributed by atoms with Crippen molar-refractivity contribution in [2.45, 2.75) is 56.7 Å². The molecule has 1 unspecified atom stereocenters. The lowest BCUT2D eigenvalue weighted by atomic mass is 9.88. The van der Waals surface area contributed by atoms with E-state index in [0.29, 0.717) is 12.5 Å². The van der Waals surface area contributed by atoms with Crippen molar-refractivity contribution in [2.75, 3.05) is 0 Å². The fraction of sp³-hybridized carbons (Fsp3) is 0.625. The minimum absolute atomic E-state index is 0.0908. The van der Waals surface area contributed by atoms with Gasteiger partial charge < -0.3 is 10.2 Å². The molecule has 1 aromatic rings. The van der Waals surface area contributed by atoms with Gasteiger partial charge in [-0.05, 0) is 43.0 Å². The van der Waals surface area contributed by atoms with E-state index in [1.165, 1.54) is 4.88 Å². The summed E-state index contributed by atoms with van der Waals surface area (Å²) in [4.78, 5) is 28.8. The SMILES string of the molecule is O=C1C(C2CC2)NC(=O)C2(CCCC2)N1Cc1cccs1. The van der Waals surface area contributed by atoms with Crippen LogP contribution in [0.15, 0.2) is 17.5 Å². The molecule has 4 nitrogen and oxygen atoms in total. The second kappa shape index (κ2) is 4.83. The van der Waals surface area contributed by atoms with Gasteiger partial charge in [0.15, 0.2) is 0 Å². The van der Waals surface area contributed by atoms with Gasteiger partial charge in [0.05, 0.1) is 6.54 Å². The molecule has 4 rings (SSSR count). The van der Waals surface area contributed by atoms with Crippen LogP contribution in [-0.2, 0) is 16.1 Å². The molecule has 0 radical (unpaired) electrons. The van der Waals surface area contributed by atoms with Crippen LogP contribution >= 0.6 is 11.3 Å². The molecule has 2 aliphatic carbocycles. The van der Waals surface area contributed by atoms with E-state index in [1.54, 1.807) is 11.3 Å². The van der Waals surface area contributed by atoms with Crippen molar-refractivity contribution in [3.8, 4) is 0 Å². The third-order valence-electron chi connectivity index (χ3n) is 5.18. The van der Waals surface area contributed by atoms with Crippen LogP contribution in [-0.4, -0.2) is 28.3 Å². The maximum atomic E-state index is 13.0. The van der Waals surface area contributed by atoms with E-state index in [-0.39, 0.29) is 17.9 Å². The van der Waals surface area contributed by atoms with Crippen LogP contribution in [0.25, 0.3) is 0 Å². The van der Waals surface area contributed by atoms with E-state index >= 15 is 0 Å². The first-order valence-electron chi connectivity index (χ1n) is 7.85. The summed E-state index contributed by atoms with van der Waals surface area (Å²) in [6.45, 7) is 0.590.